The van der Waals surface area contributed by atoms with Gasteiger partial charge in [-0.15, -0.1) is 0 Å². The van der Waals surface area contributed by atoms with Crippen molar-refractivity contribution >= 4 is 5.91 Å². The quantitative estimate of drug-likeness (QED) is 0.745. The molecular formula is C11H21FN2O. The number of halogens is 1. The van der Waals surface area contributed by atoms with E-state index in [0.717, 1.165) is 6.42 Å². The standard InChI is InChI=1S/C11H21FN2O/c1-11(2,3)4-5-13-10(15)9-6-8(12)7-14-9/h8-9,14H,4-7H2,1-3H3,(H,13,15). The minimum Gasteiger partial charge on any atom is -0.355 e. The van der Waals surface area contributed by atoms with Crippen LogP contribution >= 0.6 is 0 Å². The minimum atomic E-state index is -0.872. The predicted molar refractivity (Wildman–Crippen MR) is 58.4 cm³/mol. The van der Waals surface area contributed by atoms with Gasteiger partial charge in [0.2, 0.25) is 5.91 Å². The molecule has 15 heavy (non-hydrogen) atoms. The number of hydrogen-bond acceptors (Lipinski definition) is 2. The van der Waals surface area contributed by atoms with Crippen LogP contribution in [-0.4, -0.2) is 31.2 Å². The van der Waals surface area contributed by atoms with E-state index < -0.39 is 6.17 Å². The number of hydrogen-bond donors (Lipinski definition) is 2. The monoisotopic (exact) mass is 216 g/mol. The van der Waals surface area contributed by atoms with Gasteiger partial charge in [-0.25, -0.2) is 4.39 Å². The molecule has 0 aromatic carbocycles. The van der Waals surface area contributed by atoms with Crippen LogP contribution in [0.3, 0.4) is 0 Å². The second-order valence-corrected chi connectivity index (χ2v) is 5.40. The summed E-state index contributed by atoms with van der Waals surface area (Å²) in [5, 5.41) is 5.70. The lowest BCUT2D eigenvalue weighted by Crippen LogP contribution is -2.41. The summed E-state index contributed by atoms with van der Waals surface area (Å²) in [6.07, 6.45) is 0.370. The zero-order valence-corrected chi connectivity index (χ0v) is 9.77. The van der Waals surface area contributed by atoms with E-state index in [0.29, 0.717) is 19.5 Å². The summed E-state index contributed by atoms with van der Waals surface area (Å²) < 4.78 is 12.8. The highest BCUT2D eigenvalue weighted by atomic mass is 19.1. The number of alkyl halides is 1. The molecule has 2 atom stereocenters. The van der Waals surface area contributed by atoms with Gasteiger partial charge in [-0.2, -0.15) is 0 Å². The molecule has 0 aromatic rings. The zero-order valence-electron chi connectivity index (χ0n) is 9.77. The van der Waals surface area contributed by atoms with Gasteiger partial charge in [-0.05, 0) is 11.8 Å². The molecule has 0 aliphatic carbocycles. The lowest BCUT2D eigenvalue weighted by molar-refractivity contribution is -0.122. The third-order valence-corrected chi connectivity index (χ3v) is 2.57. The molecule has 2 N–H and O–H groups in total. The maximum Gasteiger partial charge on any atom is 0.237 e. The first-order chi connectivity index (χ1) is 6.88. The number of rotatable bonds is 3. The zero-order chi connectivity index (χ0) is 11.5. The van der Waals surface area contributed by atoms with E-state index in [2.05, 4.69) is 31.4 Å². The van der Waals surface area contributed by atoms with Crippen molar-refractivity contribution in [3.8, 4) is 0 Å². The summed E-state index contributed by atoms with van der Waals surface area (Å²) in [5.41, 5.74) is 0.221. The Labute approximate surface area is 90.8 Å². The van der Waals surface area contributed by atoms with E-state index >= 15 is 0 Å². The third kappa shape index (κ3) is 4.60. The minimum absolute atomic E-state index is 0.0700. The van der Waals surface area contributed by atoms with Crippen molar-refractivity contribution < 1.29 is 9.18 Å². The Bertz CT molecular complexity index is 225. The summed E-state index contributed by atoms with van der Waals surface area (Å²) in [4.78, 5) is 11.5. The van der Waals surface area contributed by atoms with Crippen molar-refractivity contribution in [3.05, 3.63) is 0 Å². The van der Waals surface area contributed by atoms with Crippen LogP contribution in [0.5, 0.6) is 0 Å². The number of carbonyl (C=O) groups excluding carboxylic acids is 1. The Morgan fingerprint density at radius 3 is 2.67 bits per heavy atom. The second kappa shape index (κ2) is 4.92. The summed E-state index contributed by atoms with van der Waals surface area (Å²) >= 11 is 0. The molecule has 1 amide bonds. The fourth-order valence-corrected chi connectivity index (χ4v) is 1.58. The van der Waals surface area contributed by atoms with Crippen molar-refractivity contribution in [2.75, 3.05) is 13.1 Å². The highest BCUT2D eigenvalue weighted by Gasteiger charge is 2.28. The van der Waals surface area contributed by atoms with Crippen molar-refractivity contribution in [1.82, 2.24) is 10.6 Å². The SMILES string of the molecule is CC(C)(C)CCNC(=O)C1CC(F)CN1. The Hall–Kier alpha value is -0.640. The van der Waals surface area contributed by atoms with Gasteiger partial charge in [-0.1, -0.05) is 20.8 Å². The molecule has 3 nitrogen and oxygen atoms in total. The number of amides is 1. The van der Waals surface area contributed by atoms with E-state index in [9.17, 15) is 9.18 Å². The Kier molecular flexibility index (Phi) is 4.08. The molecule has 0 saturated carbocycles. The Balaban J connectivity index is 2.19. The van der Waals surface area contributed by atoms with Gasteiger partial charge >= 0.3 is 0 Å². The van der Waals surface area contributed by atoms with Gasteiger partial charge in [0.15, 0.2) is 0 Å². The van der Waals surface area contributed by atoms with Crippen molar-refractivity contribution in [2.24, 2.45) is 5.41 Å². The molecular weight excluding hydrogens is 195 g/mol. The number of carbonyl (C=O) groups is 1. The van der Waals surface area contributed by atoms with Gasteiger partial charge in [0, 0.05) is 19.5 Å². The molecule has 88 valence electrons. The molecule has 1 saturated heterocycles. The first kappa shape index (κ1) is 12.4. The van der Waals surface area contributed by atoms with E-state index in [4.69, 9.17) is 0 Å². The highest BCUT2D eigenvalue weighted by Crippen LogP contribution is 2.17. The van der Waals surface area contributed by atoms with Gasteiger partial charge in [0.1, 0.15) is 6.17 Å². The number of nitrogens with one attached hydrogen (secondary N) is 2. The van der Waals surface area contributed by atoms with E-state index in [1.165, 1.54) is 0 Å². The highest BCUT2D eigenvalue weighted by molar-refractivity contribution is 5.82. The molecule has 0 aromatic heterocycles. The largest absolute Gasteiger partial charge is 0.355 e. The first-order valence-corrected chi connectivity index (χ1v) is 5.54. The van der Waals surface area contributed by atoms with Gasteiger partial charge < -0.3 is 10.6 Å². The predicted octanol–water partition coefficient (Wildman–Crippen LogP) is 1.24. The van der Waals surface area contributed by atoms with Crippen molar-refractivity contribution in [3.63, 3.8) is 0 Å². The average Bonchev–Trinajstić information content (AvgIpc) is 2.49. The summed E-state index contributed by atoms with van der Waals surface area (Å²) in [7, 11) is 0. The molecule has 2 unspecified atom stereocenters. The lowest BCUT2D eigenvalue weighted by Gasteiger charge is -2.19. The van der Waals surface area contributed by atoms with Crippen molar-refractivity contribution in [2.45, 2.75) is 45.8 Å². The summed E-state index contributed by atoms with van der Waals surface area (Å²) in [5.74, 6) is -0.0700. The van der Waals surface area contributed by atoms with Crippen LogP contribution in [0.1, 0.15) is 33.6 Å². The molecule has 0 bridgehead atoms. The molecule has 4 heteroatoms. The molecule has 1 fully saturated rings. The van der Waals surface area contributed by atoms with Crippen molar-refractivity contribution in [1.29, 1.82) is 0 Å². The van der Waals surface area contributed by atoms with Crippen LogP contribution in [0, 0.1) is 5.41 Å². The molecule has 1 rings (SSSR count). The van der Waals surface area contributed by atoms with Gasteiger partial charge in [-0.3, -0.25) is 4.79 Å². The van der Waals surface area contributed by atoms with Crippen LogP contribution < -0.4 is 10.6 Å². The molecule has 1 heterocycles. The Morgan fingerprint density at radius 1 is 1.53 bits per heavy atom. The summed E-state index contributed by atoms with van der Waals surface area (Å²) in [6.45, 7) is 7.36. The normalized spacial score (nSPS) is 26.7. The maximum atomic E-state index is 12.8. The van der Waals surface area contributed by atoms with E-state index in [-0.39, 0.29) is 17.4 Å². The maximum absolute atomic E-state index is 12.8. The third-order valence-electron chi connectivity index (χ3n) is 2.57. The lowest BCUT2D eigenvalue weighted by atomic mass is 9.92. The van der Waals surface area contributed by atoms with Crippen LogP contribution in [0.4, 0.5) is 4.39 Å². The van der Waals surface area contributed by atoms with E-state index in [1.807, 2.05) is 0 Å². The van der Waals surface area contributed by atoms with Crippen LogP contribution in [0.25, 0.3) is 0 Å². The second-order valence-electron chi connectivity index (χ2n) is 5.40. The molecule has 0 radical (unpaired) electrons. The first-order valence-electron chi connectivity index (χ1n) is 5.54. The fourth-order valence-electron chi connectivity index (χ4n) is 1.58. The molecule has 1 aliphatic rings. The van der Waals surface area contributed by atoms with Crippen LogP contribution in [0.2, 0.25) is 0 Å². The fraction of sp³-hybridized carbons (Fsp3) is 0.909. The topological polar surface area (TPSA) is 41.1 Å². The average molecular weight is 216 g/mol. The molecule has 1 aliphatic heterocycles. The smallest absolute Gasteiger partial charge is 0.237 e. The Morgan fingerprint density at radius 2 is 2.20 bits per heavy atom. The van der Waals surface area contributed by atoms with Crippen LogP contribution in [-0.2, 0) is 4.79 Å². The van der Waals surface area contributed by atoms with E-state index in [1.54, 1.807) is 0 Å². The van der Waals surface area contributed by atoms with Crippen LogP contribution in [0.15, 0.2) is 0 Å². The van der Waals surface area contributed by atoms with Gasteiger partial charge in [0.05, 0.1) is 6.04 Å². The van der Waals surface area contributed by atoms with Gasteiger partial charge in [0.25, 0.3) is 0 Å². The summed E-state index contributed by atoms with van der Waals surface area (Å²) in [6, 6.07) is -0.333. The molecule has 0 spiro atoms.